The first-order valence-corrected chi connectivity index (χ1v) is 23.8. The summed E-state index contributed by atoms with van der Waals surface area (Å²) in [6.45, 7) is 0. The Morgan fingerprint density at radius 1 is 0.229 bits per heavy atom. The SMILES string of the molecule is C(/C=C/c1ccc(N(c2ccccc2)c2ccc(-c3ccc(N(c4ccccc4)c4ccc(/C=C/C=C(c5ccccc5)c5ccccc5)cc4)cc3)cc2)cc1)=C(c1ccccc1)c1ccccc1. The van der Waals surface area contributed by atoms with Crippen molar-refractivity contribution in [3.05, 3.63) is 337 Å². The maximum atomic E-state index is 2.31. The fourth-order valence-corrected chi connectivity index (χ4v) is 8.82. The zero-order valence-electron chi connectivity index (χ0n) is 38.9. The Morgan fingerprint density at radius 2 is 0.457 bits per heavy atom. The van der Waals surface area contributed by atoms with Crippen molar-refractivity contribution in [1.82, 2.24) is 0 Å². The van der Waals surface area contributed by atoms with Gasteiger partial charge in [0.1, 0.15) is 0 Å². The summed E-state index contributed by atoms with van der Waals surface area (Å²) < 4.78 is 0. The van der Waals surface area contributed by atoms with Crippen LogP contribution >= 0.6 is 0 Å². The lowest BCUT2D eigenvalue weighted by Gasteiger charge is -2.26. The second-order valence-corrected chi connectivity index (χ2v) is 17.0. The molecule has 0 N–H and O–H groups in total. The molecular weight excluding hydrogens is 845 g/mol. The molecule has 70 heavy (non-hydrogen) atoms. The summed E-state index contributed by atoms with van der Waals surface area (Å²) in [7, 11) is 0. The largest absolute Gasteiger partial charge is 0.311 e. The van der Waals surface area contributed by atoms with Gasteiger partial charge in [-0.05, 0) is 128 Å². The van der Waals surface area contributed by atoms with E-state index in [1.165, 1.54) is 33.4 Å². The van der Waals surface area contributed by atoms with Crippen LogP contribution in [0.2, 0.25) is 0 Å². The van der Waals surface area contributed by atoms with E-state index in [1.807, 2.05) is 0 Å². The van der Waals surface area contributed by atoms with E-state index in [2.05, 4.69) is 325 Å². The molecule has 0 aromatic heterocycles. The van der Waals surface area contributed by atoms with Crippen LogP contribution in [-0.2, 0) is 0 Å². The Hall–Kier alpha value is -9.24. The van der Waals surface area contributed by atoms with E-state index in [0.717, 1.165) is 56.4 Å². The topological polar surface area (TPSA) is 6.48 Å². The highest BCUT2D eigenvalue weighted by Gasteiger charge is 2.15. The summed E-state index contributed by atoms with van der Waals surface area (Å²) in [6, 6.07) is 98.7. The monoisotopic (exact) mass is 896 g/mol. The van der Waals surface area contributed by atoms with E-state index in [9.17, 15) is 0 Å². The Morgan fingerprint density at radius 3 is 0.729 bits per heavy atom. The summed E-state index contributed by atoms with van der Waals surface area (Å²) in [4.78, 5) is 4.62. The molecule has 10 aromatic rings. The van der Waals surface area contributed by atoms with Crippen LogP contribution in [0.4, 0.5) is 34.1 Å². The van der Waals surface area contributed by atoms with Gasteiger partial charge in [-0.25, -0.2) is 0 Å². The number of rotatable bonds is 15. The molecule has 0 aliphatic heterocycles. The van der Waals surface area contributed by atoms with Gasteiger partial charge in [0.25, 0.3) is 0 Å². The predicted octanol–water partition coefficient (Wildman–Crippen LogP) is 18.6. The molecule has 10 rings (SSSR count). The van der Waals surface area contributed by atoms with Crippen molar-refractivity contribution in [3.8, 4) is 11.1 Å². The van der Waals surface area contributed by atoms with Gasteiger partial charge >= 0.3 is 0 Å². The number of nitrogens with zero attached hydrogens (tertiary/aromatic N) is 2. The first-order valence-electron chi connectivity index (χ1n) is 23.8. The molecule has 334 valence electrons. The Bertz CT molecular complexity index is 3010. The molecular formula is C68H52N2. The lowest BCUT2D eigenvalue weighted by atomic mass is 9.97. The van der Waals surface area contributed by atoms with E-state index in [0.29, 0.717) is 0 Å². The molecule has 0 aliphatic rings. The lowest BCUT2D eigenvalue weighted by molar-refractivity contribution is 1.28. The number of benzene rings is 10. The highest BCUT2D eigenvalue weighted by atomic mass is 15.1. The summed E-state index contributed by atoms with van der Waals surface area (Å²) in [5, 5.41) is 0. The van der Waals surface area contributed by atoms with E-state index in [1.54, 1.807) is 0 Å². The first-order chi connectivity index (χ1) is 34.7. The normalized spacial score (nSPS) is 11.0. The lowest BCUT2D eigenvalue weighted by Crippen LogP contribution is -2.10. The molecule has 10 aromatic carbocycles. The van der Waals surface area contributed by atoms with Crippen molar-refractivity contribution < 1.29 is 0 Å². The standard InChI is InChI=1S/C68H52N2/c1-7-23-57(24-8-1)67(58-25-9-2-10-26-58)35-19-21-53-37-45-63(46-38-53)69(61-31-15-5-16-32-61)65-49-41-55(42-50-65)56-43-51-66(52-44-56)70(62-33-17-6-18-34-62)64-47-39-54(40-48-64)22-20-36-68(59-27-11-3-12-28-59)60-29-13-4-14-30-60/h1-52H/b21-19+,22-20+. The van der Waals surface area contributed by atoms with Crippen molar-refractivity contribution in [1.29, 1.82) is 0 Å². The van der Waals surface area contributed by atoms with Gasteiger partial charge in [0.05, 0.1) is 0 Å². The van der Waals surface area contributed by atoms with Gasteiger partial charge in [0.2, 0.25) is 0 Å². The third kappa shape index (κ3) is 10.8. The van der Waals surface area contributed by atoms with Gasteiger partial charge < -0.3 is 9.80 Å². The summed E-state index contributed by atoms with van der Waals surface area (Å²) in [5.74, 6) is 0. The molecule has 0 aliphatic carbocycles. The molecule has 0 bridgehead atoms. The maximum absolute atomic E-state index is 2.31. The van der Waals surface area contributed by atoms with Crippen LogP contribution in [-0.4, -0.2) is 0 Å². The molecule has 0 saturated carbocycles. The molecule has 2 nitrogen and oxygen atoms in total. The Labute approximate surface area is 413 Å². The Kier molecular flexibility index (Phi) is 14.0. The van der Waals surface area contributed by atoms with Gasteiger partial charge in [-0.2, -0.15) is 0 Å². The van der Waals surface area contributed by atoms with Gasteiger partial charge in [-0.15, -0.1) is 0 Å². The molecule has 0 amide bonds. The van der Waals surface area contributed by atoms with Crippen molar-refractivity contribution in [3.63, 3.8) is 0 Å². The van der Waals surface area contributed by atoms with Crippen LogP contribution in [0.25, 0.3) is 34.4 Å². The fraction of sp³-hybridized carbons (Fsp3) is 0. The molecule has 0 unspecified atom stereocenters. The summed E-state index contributed by atoms with van der Waals surface area (Å²) >= 11 is 0. The highest BCUT2D eigenvalue weighted by molar-refractivity contribution is 5.84. The van der Waals surface area contributed by atoms with Gasteiger partial charge in [-0.1, -0.05) is 243 Å². The average Bonchev–Trinajstić information content (AvgIpc) is 3.44. The predicted molar refractivity (Wildman–Crippen MR) is 299 cm³/mol. The van der Waals surface area contributed by atoms with Crippen LogP contribution in [0.1, 0.15) is 33.4 Å². The number of hydrogen-bond donors (Lipinski definition) is 0. The number of anilines is 6. The van der Waals surface area contributed by atoms with Crippen LogP contribution < -0.4 is 9.80 Å². The molecule has 0 radical (unpaired) electrons. The molecule has 2 heteroatoms. The third-order valence-electron chi connectivity index (χ3n) is 12.4. The zero-order valence-corrected chi connectivity index (χ0v) is 38.9. The van der Waals surface area contributed by atoms with Crippen molar-refractivity contribution in [2.75, 3.05) is 9.80 Å². The fourth-order valence-electron chi connectivity index (χ4n) is 8.82. The molecule has 0 atom stereocenters. The van der Waals surface area contributed by atoms with Crippen molar-refractivity contribution >= 4 is 57.4 Å². The minimum atomic E-state index is 1.09. The maximum Gasteiger partial charge on any atom is 0.0462 e. The minimum absolute atomic E-state index is 1.09. The first kappa shape index (κ1) is 44.6. The molecule has 0 heterocycles. The number of hydrogen-bond acceptors (Lipinski definition) is 2. The van der Waals surface area contributed by atoms with Gasteiger partial charge in [-0.3, -0.25) is 0 Å². The summed E-state index contributed by atoms with van der Waals surface area (Å²) in [5.41, 5.74) is 18.3. The summed E-state index contributed by atoms with van der Waals surface area (Å²) in [6.07, 6.45) is 13.0. The van der Waals surface area contributed by atoms with E-state index < -0.39 is 0 Å². The van der Waals surface area contributed by atoms with Crippen LogP contribution in [0.15, 0.2) is 303 Å². The molecule has 0 spiro atoms. The average molecular weight is 897 g/mol. The van der Waals surface area contributed by atoms with E-state index in [-0.39, 0.29) is 0 Å². The van der Waals surface area contributed by atoms with Crippen molar-refractivity contribution in [2.45, 2.75) is 0 Å². The number of allylic oxidation sites excluding steroid dienone is 4. The highest BCUT2D eigenvalue weighted by Crippen LogP contribution is 2.38. The van der Waals surface area contributed by atoms with Crippen LogP contribution in [0.3, 0.4) is 0 Å². The van der Waals surface area contributed by atoms with Crippen LogP contribution in [0, 0.1) is 0 Å². The minimum Gasteiger partial charge on any atom is -0.311 e. The third-order valence-corrected chi connectivity index (χ3v) is 12.4. The molecule has 0 fully saturated rings. The zero-order chi connectivity index (χ0) is 47.2. The van der Waals surface area contributed by atoms with Gasteiger partial charge in [0, 0.05) is 34.1 Å². The quantitative estimate of drug-likeness (QED) is 0.0946. The van der Waals surface area contributed by atoms with Crippen LogP contribution in [0.5, 0.6) is 0 Å². The van der Waals surface area contributed by atoms with E-state index >= 15 is 0 Å². The number of para-hydroxylation sites is 2. The molecule has 0 saturated heterocycles. The van der Waals surface area contributed by atoms with Crippen molar-refractivity contribution in [2.24, 2.45) is 0 Å². The second-order valence-electron chi connectivity index (χ2n) is 17.0. The Balaban J connectivity index is 0.870. The second kappa shape index (κ2) is 22.0. The smallest absolute Gasteiger partial charge is 0.0462 e. The van der Waals surface area contributed by atoms with E-state index in [4.69, 9.17) is 0 Å². The van der Waals surface area contributed by atoms with Gasteiger partial charge in [0.15, 0.2) is 0 Å².